The first-order valence-electron chi connectivity index (χ1n) is 6.83. The van der Waals surface area contributed by atoms with Gasteiger partial charge in [-0.05, 0) is 38.3 Å². The third-order valence-electron chi connectivity index (χ3n) is 4.40. The predicted octanol–water partition coefficient (Wildman–Crippen LogP) is 1.72. The molecule has 1 aromatic rings. The van der Waals surface area contributed by atoms with Gasteiger partial charge in [-0.2, -0.15) is 0 Å². The van der Waals surface area contributed by atoms with Crippen LogP contribution in [-0.2, 0) is 7.05 Å². The van der Waals surface area contributed by atoms with Crippen LogP contribution in [-0.4, -0.2) is 40.5 Å². The molecule has 2 aliphatic heterocycles. The van der Waals surface area contributed by atoms with Gasteiger partial charge in [0.1, 0.15) is 5.69 Å². The van der Waals surface area contributed by atoms with E-state index < -0.39 is 0 Å². The molecule has 3 heterocycles. The molecule has 2 saturated heterocycles. The van der Waals surface area contributed by atoms with Gasteiger partial charge in [-0.25, -0.2) is 0 Å². The summed E-state index contributed by atoms with van der Waals surface area (Å²) in [6.07, 6.45) is 3.57. The van der Waals surface area contributed by atoms with Crippen LogP contribution < -0.4 is 5.32 Å². The lowest BCUT2D eigenvalue weighted by molar-refractivity contribution is 0.0738. The van der Waals surface area contributed by atoms with Crippen molar-refractivity contribution in [2.75, 3.05) is 13.1 Å². The molecule has 5 heteroatoms. The van der Waals surface area contributed by atoms with E-state index in [1.807, 2.05) is 35.6 Å². The van der Waals surface area contributed by atoms with Gasteiger partial charge >= 0.3 is 0 Å². The Labute approximate surface area is 120 Å². The molecule has 2 aliphatic rings. The number of carbonyl (C=O) groups excluding carboxylic acids is 1. The number of rotatable bonds is 1. The molecule has 1 aromatic heterocycles. The minimum Gasteiger partial charge on any atom is -0.344 e. The molecule has 19 heavy (non-hydrogen) atoms. The van der Waals surface area contributed by atoms with Crippen LogP contribution in [0.5, 0.6) is 0 Å². The van der Waals surface area contributed by atoms with Crippen molar-refractivity contribution in [2.45, 2.75) is 38.3 Å². The average Bonchev–Trinajstić information content (AvgIpc) is 2.83. The summed E-state index contributed by atoms with van der Waals surface area (Å²) in [6.45, 7) is 3.78. The minimum atomic E-state index is 0. The molecule has 2 fully saturated rings. The fourth-order valence-electron chi connectivity index (χ4n) is 3.12. The smallest absolute Gasteiger partial charge is 0.270 e. The number of aromatic nitrogens is 1. The van der Waals surface area contributed by atoms with Crippen LogP contribution in [0.2, 0.25) is 0 Å². The number of halogens is 1. The summed E-state index contributed by atoms with van der Waals surface area (Å²) in [5.41, 5.74) is 1.94. The molecular formula is C14H22ClN3O. The summed E-state index contributed by atoms with van der Waals surface area (Å²) >= 11 is 0. The van der Waals surface area contributed by atoms with E-state index in [0.29, 0.717) is 12.1 Å². The number of likely N-dealkylation sites (tertiary alicyclic amines) is 1. The topological polar surface area (TPSA) is 37.3 Å². The van der Waals surface area contributed by atoms with Crippen LogP contribution in [0.25, 0.3) is 0 Å². The number of carbonyl (C=O) groups is 1. The second-order valence-electron chi connectivity index (χ2n) is 5.60. The van der Waals surface area contributed by atoms with Crippen molar-refractivity contribution in [3.8, 4) is 0 Å². The maximum absolute atomic E-state index is 12.5. The van der Waals surface area contributed by atoms with Crippen molar-refractivity contribution in [1.29, 1.82) is 0 Å². The van der Waals surface area contributed by atoms with Crippen LogP contribution >= 0.6 is 12.4 Å². The van der Waals surface area contributed by atoms with Gasteiger partial charge in [0.05, 0.1) is 0 Å². The van der Waals surface area contributed by atoms with Crippen molar-refractivity contribution in [2.24, 2.45) is 7.05 Å². The number of nitrogens with one attached hydrogen (secondary N) is 1. The highest BCUT2D eigenvalue weighted by atomic mass is 35.5. The molecule has 0 saturated carbocycles. The Morgan fingerprint density at radius 1 is 1.26 bits per heavy atom. The molecule has 1 amide bonds. The molecular weight excluding hydrogens is 262 g/mol. The number of nitrogens with zero attached hydrogens (tertiary/aromatic N) is 2. The van der Waals surface area contributed by atoms with Gasteiger partial charge < -0.3 is 14.8 Å². The van der Waals surface area contributed by atoms with E-state index >= 15 is 0 Å². The van der Waals surface area contributed by atoms with E-state index in [4.69, 9.17) is 0 Å². The Bertz CT molecular complexity index is 471. The zero-order valence-corrected chi connectivity index (χ0v) is 12.4. The molecule has 2 atom stereocenters. The van der Waals surface area contributed by atoms with Crippen LogP contribution in [0.3, 0.4) is 0 Å². The Balaban J connectivity index is 0.00000133. The normalized spacial score (nSPS) is 25.9. The Kier molecular flexibility index (Phi) is 4.21. The second-order valence-corrected chi connectivity index (χ2v) is 5.60. The highest BCUT2D eigenvalue weighted by Gasteiger charge is 2.31. The summed E-state index contributed by atoms with van der Waals surface area (Å²) in [7, 11) is 1.96. The van der Waals surface area contributed by atoms with Gasteiger partial charge in [0, 0.05) is 37.9 Å². The summed E-state index contributed by atoms with van der Waals surface area (Å²) in [4.78, 5) is 14.6. The third-order valence-corrected chi connectivity index (χ3v) is 4.40. The summed E-state index contributed by atoms with van der Waals surface area (Å²) < 4.78 is 1.99. The standard InChI is InChI=1S/C14H21N3O.ClH/c1-10-3-6-13(16(10)2)14(18)17-8-7-11-4-5-12(9-17)15-11;/h3,6,11-12,15H,4-5,7-9H2,1-2H3;1H. The summed E-state index contributed by atoms with van der Waals surface area (Å²) in [5.74, 6) is 0.181. The van der Waals surface area contributed by atoms with Crippen LogP contribution in [0.1, 0.15) is 35.4 Å². The average molecular weight is 284 g/mol. The molecule has 0 aliphatic carbocycles. The zero-order valence-electron chi connectivity index (χ0n) is 11.6. The number of hydrogen-bond acceptors (Lipinski definition) is 2. The van der Waals surface area contributed by atoms with Gasteiger partial charge in [-0.3, -0.25) is 4.79 Å². The van der Waals surface area contributed by atoms with Crippen molar-refractivity contribution in [1.82, 2.24) is 14.8 Å². The van der Waals surface area contributed by atoms with Gasteiger partial charge in [-0.15, -0.1) is 12.4 Å². The molecule has 2 unspecified atom stereocenters. The highest BCUT2D eigenvalue weighted by molar-refractivity contribution is 5.93. The maximum atomic E-state index is 12.5. The zero-order chi connectivity index (χ0) is 12.7. The van der Waals surface area contributed by atoms with Gasteiger partial charge in [-0.1, -0.05) is 0 Å². The van der Waals surface area contributed by atoms with Crippen molar-refractivity contribution in [3.63, 3.8) is 0 Å². The van der Waals surface area contributed by atoms with E-state index in [2.05, 4.69) is 5.32 Å². The van der Waals surface area contributed by atoms with Crippen LogP contribution in [0.15, 0.2) is 12.1 Å². The quantitative estimate of drug-likeness (QED) is 0.852. The largest absolute Gasteiger partial charge is 0.344 e. The fourth-order valence-corrected chi connectivity index (χ4v) is 3.12. The van der Waals surface area contributed by atoms with Crippen molar-refractivity contribution < 1.29 is 4.79 Å². The SMILES string of the molecule is Cc1ccc(C(=O)N2CCC3CCC(C2)N3)n1C.Cl. The minimum absolute atomic E-state index is 0. The van der Waals surface area contributed by atoms with Crippen molar-refractivity contribution in [3.05, 3.63) is 23.5 Å². The van der Waals surface area contributed by atoms with E-state index in [9.17, 15) is 4.79 Å². The monoisotopic (exact) mass is 283 g/mol. The fraction of sp³-hybridized carbons (Fsp3) is 0.643. The lowest BCUT2D eigenvalue weighted by Crippen LogP contribution is -2.39. The lowest BCUT2D eigenvalue weighted by atomic mass is 10.1. The first-order chi connectivity index (χ1) is 8.65. The Morgan fingerprint density at radius 2 is 2.00 bits per heavy atom. The number of hydrogen-bond donors (Lipinski definition) is 1. The van der Waals surface area contributed by atoms with Gasteiger partial charge in [0.2, 0.25) is 0 Å². The first-order valence-corrected chi connectivity index (χ1v) is 6.83. The third kappa shape index (κ3) is 2.65. The van der Waals surface area contributed by atoms with Gasteiger partial charge in [0.25, 0.3) is 5.91 Å². The molecule has 0 radical (unpaired) electrons. The molecule has 106 valence electrons. The highest BCUT2D eigenvalue weighted by Crippen LogP contribution is 2.21. The molecule has 0 aromatic carbocycles. The molecule has 2 bridgehead atoms. The maximum Gasteiger partial charge on any atom is 0.270 e. The summed E-state index contributed by atoms with van der Waals surface area (Å²) in [5, 5.41) is 3.61. The molecule has 4 nitrogen and oxygen atoms in total. The number of fused-ring (bicyclic) bond motifs is 2. The number of amides is 1. The molecule has 1 N–H and O–H groups in total. The molecule has 3 rings (SSSR count). The van der Waals surface area contributed by atoms with Crippen LogP contribution in [0.4, 0.5) is 0 Å². The van der Waals surface area contributed by atoms with E-state index in [-0.39, 0.29) is 18.3 Å². The second kappa shape index (κ2) is 5.55. The van der Waals surface area contributed by atoms with E-state index in [1.54, 1.807) is 0 Å². The first kappa shape index (κ1) is 14.4. The molecule has 0 spiro atoms. The lowest BCUT2D eigenvalue weighted by Gasteiger charge is -2.24. The van der Waals surface area contributed by atoms with Crippen LogP contribution in [0, 0.1) is 6.92 Å². The van der Waals surface area contributed by atoms with Gasteiger partial charge in [0.15, 0.2) is 0 Å². The Morgan fingerprint density at radius 3 is 2.68 bits per heavy atom. The number of aryl methyl sites for hydroxylation is 1. The Hall–Kier alpha value is -1.00. The van der Waals surface area contributed by atoms with E-state index in [1.165, 1.54) is 12.8 Å². The predicted molar refractivity (Wildman–Crippen MR) is 77.9 cm³/mol. The van der Waals surface area contributed by atoms with Crippen molar-refractivity contribution >= 4 is 18.3 Å². The van der Waals surface area contributed by atoms with E-state index in [0.717, 1.165) is 30.9 Å². The summed E-state index contributed by atoms with van der Waals surface area (Å²) in [6, 6.07) is 5.08.